The Hall–Kier alpha value is -1.99. The first-order chi connectivity index (χ1) is 12.1. The summed E-state index contributed by atoms with van der Waals surface area (Å²) < 4.78 is 31.2. The van der Waals surface area contributed by atoms with Crippen LogP contribution in [0.2, 0.25) is 0 Å². The maximum absolute atomic E-state index is 14.0. The van der Waals surface area contributed by atoms with E-state index in [0.29, 0.717) is 6.61 Å². The molecule has 7 heteroatoms. The molecule has 0 radical (unpaired) electrons. The van der Waals surface area contributed by atoms with Crippen LogP contribution < -0.4 is 4.74 Å². The van der Waals surface area contributed by atoms with Crippen LogP contribution in [0.4, 0.5) is 4.39 Å². The van der Waals surface area contributed by atoms with Gasteiger partial charge in [0.05, 0.1) is 18.4 Å². The molecule has 0 amide bonds. The Labute approximate surface area is 145 Å². The van der Waals surface area contributed by atoms with Crippen molar-refractivity contribution in [2.24, 2.45) is 0 Å². The second-order valence-electron chi connectivity index (χ2n) is 6.70. The number of aryl methyl sites for hydroxylation is 2. The highest BCUT2D eigenvalue weighted by Crippen LogP contribution is 2.34. The molecule has 25 heavy (non-hydrogen) atoms. The van der Waals surface area contributed by atoms with E-state index in [1.807, 2.05) is 13.8 Å². The number of halogens is 1. The van der Waals surface area contributed by atoms with Crippen molar-refractivity contribution < 1.29 is 18.4 Å². The van der Waals surface area contributed by atoms with E-state index in [0.717, 1.165) is 42.9 Å². The second kappa shape index (κ2) is 6.72. The van der Waals surface area contributed by atoms with Gasteiger partial charge in [-0.3, -0.25) is 4.90 Å². The lowest BCUT2D eigenvalue weighted by molar-refractivity contribution is 0.000135. The Morgan fingerprint density at radius 2 is 2.24 bits per heavy atom. The molecule has 1 saturated carbocycles. The Bertz CT molecular complexity index is 731. The van der Waals surface area contributed by atoms with Gasteiger partial charge in [0.1, 0.15) is 11.9 Å². The maximum Gasteiger partial charge on any atom is 0.250 e. The van der Waals surface area contributed by atoms with Gasteiger partial charge in [-0.2, -0.15) is 0 Å². The first-order valence-corrected chi connectivity index (χ1v) is 8.68. The van der Waals surface area contributed by atoms with Crippen LogP contribution in [0.25, 0.3) is 0 Å². The van der Waals surface area contributed by atoms with Crippen LogP contribution in [0.5, 0.6) is 5.88 Å². The van der Waals surface area contributed by atoms with E-state index >= 15 is 0 Å². The molecule has 2 bridgehead atoms. The summed E-state index contributed by atoms with van der Waals surface area (Å²) in [5, 5.41) is 4.04. The molecule has 0 N–H and O–H groups in total. The van der Waals surface area contributed by atoms with Crippen molar-refractivity contribution in [3.8, 4) is 5.88 Å². The molecule has 2 aliphatic rings. The largest absolute Gasteiger partial charge is 0.468 e. The summed E-state index contributed by atoms with van der Waals surface area (Å²) in [5.74, 6) is 0.445. The summed E-state index contributed by atoms with van der Waals surface area (Å²) in [7, 11) is 0. The van der Waals surface area contributed by atoms with Crippen molar-refractivity contribution in [3.63, 3.8) is 0 Å². The van der Waals surface area contributed by atoms with Gasteiger partial charge in [0, 0.05) is 30.9 Å². The van der Waals surface area contributed by atoms with Crippen LogP contribution >= 0.6 is 0 Å². The zero-order chi connectivity index (χ0) is 17.4. The quantitative estimate of drug-likeness (QED) is 0.847. The van der Waals surface area contributed by atoms with Crippen LogP contribution in [0.1, 0.15) is 29.9 Å². The van der Waals surface area contributed by atoms with Crippen molar-refractivity contribution in [3.05, 3.63) is 41.2 Å². The number of fused-ring (bicyclic) bond motifs is 2. The van der Waals surface area contributed by atoms with Gasteiger partial charge in [-0.15, -0.1) is 0 Å². The number of ether oxygens (including phenoxy) is 2. The first-order valence-electron chi connectivity index (χ1n) is 8.68. The van der Waals surface area contributed by atoms with Crippen molar-refractivity contribution in [2.75, 3.05) is 13.2 Å². The molecule has 6 nitrogen and oxygen atoms in total. The molecule has 1 aliphatic carbocycles. The first kappa shape index (κ1) is 16.5. The van der Waals surface area contributed by atoms with Gasteiger partial charge < -0.3 is 14.0 Å². The summed E-state index contributed by atoms with van der Waals surface area (Å²) in [6, 6.07) is 3.08. The van der Waals surface area contributed by atoms with E-state index in [2.05, 4.69) is 15.0 Å². The number of hydrogen-bond acceptors (Lipinski definition) is 6. The predicted molar refractivity (Wildman–Crippen MR) is 87.8 cm³/mol. The normalized spacial score (nSPS) is 26.6. The van der Waals surface area contributed by atoms with E-state index in [9.17, 15) is 4.39 Å². The maximum atomic E-state index is 14.0. The van der Waals surface area contributed by atoms with Gasteiger partial charge in [-0.05, 0) is 38.8 Å². The molecule has 4 rings (SSSR count). The minimum Gasteiger partial charge on any atom is -0.468 e. The molecule has 2 aromatic heterocycles. The summed E-state index contributed by atoms with van der Waals surface area (Å²) in [6.45, 7) is 6.05. The number of hydrogen-bond donors (Lipinski definition) is 0. The van der Waals surface area contributed by atoms with Crippen LogP contribution in [0.3, 0.4) is 0 Å². The minimum absolute atomic E-state index is 0.0268. The number of rotatable bonds is 4. The number of nitrogens with zero attached hydrogens (tertiary/aromatic N) is 3. The highest BCUT2D eigenvalue weighted by atomic mass is 19.1. The zero-order valence-corrected chi connectivity index (χ0v) is 14.4. The number of pyridine rings is 1. The molecule has 1 saturated heterocycles. The summed E-state index contributed by atoms with van der Waals surface area (Å²) in [4.78, 5) is 6.37. The molecular formula is C18H22FN3O3. The fourth-order valence-electron chi connectivity index (χ4n) is 3.84. The average Bonchev–Trinajstić information content (AvgIpc) is 3.06. The molecule has 134 valence electrons. The third-order valence-electron chi connectivity index (χ3n) is 5.19. The van der Waals surface area contributed by atoms with E-state index < -0.39 is 5.82 Å². The topological polar surface area (TPSA) is 60.6 Å². The smallest absolute Gasteiger partial charge is 0.250 e. The third kappa shape index (κ3) is 3.14. The summed E-state index contributed by atoms with van der Waals surface area (Å²) >= 11 is 0. The molecule has 0 aromatic carbocycles. The molecule has 3 heterocycles. The van der Waals surface area contributed by atoms with Crippen molar-refractivity contribution in [2.45, 2.75) is 51.5 Å². The van der Waals surface area contributed by atoms with E-state index in [-0.39, 0.29) is 24.1 Å². The Morgan fingerprint density at radius 3 is 3.00 bits per heavy atom. The standard InChI is InChI=1S/C18H22FN3O3/c1-11-13(12(2)25-21-11)10-22-8-9-23-16-6-5-15(22)17(16)24-18-14(19)4-3-7-20-18/h3-4,7,15-17H,5-6,8-10H2,1-2H3. The lowest BCUT2D eigenvalue weighted by atomic mass is 10.1. The van der Waals surface area contributed by atoms with Gasteiger partial charge in [0.2, 0.25) is 0 Å². The minimum atomic E-state index is -0.441. The van der Waals surface area contributed by atoms with Gasteiger partial charge >= 0.3 is 0 Å². The third-order valence-corrected chi connectivity index (χ3v) is 5.19. The molecule has 3 unspecified atom stereocenters. The molecule has 3 atom stereocenters. The van der Waals surface area contributed by atoms with Crippen LogP contribution in [-0.2, 0) is 11.3 Å². The Kier molecular flexibility index (Phi) is 4.43. The van der Waals surface area contributed by atoms with Crippen LogP contribution in [-0.4, -0.2) is 46.4 Å². The van der Waals surface area contributed by atoms with E-state index in [1.54, 1.807) is 12.3 Å². The highest BCUT2D eigenvalue weighted by molar-refractivity contribution is 5.21. The lowest BCUT2D eigenvalue weighted by Crippen LogP contribution is -2.44. The monoisotopic (exact) mass is 347 g/mol. The van der Waals surface area contributed by atoms with Crippen LogP contribution in [0.15, 0.2) is 22.9 Å². The van der Waals surface area contributed by atoms with Gasteiger partial charge in [0.15, 0.2) is 5.82 Å². The Balaban J connectivity index is 1.57. The highest BCUT2D eigenvalue weighted by Gasteiger charge is 2.44. The summed E-state index contributed by atoms with van der Waals surface area (Å²) in [5.41, 5.74) is 2.01. The van der Waals surface area contributed by atoms with Crippen molar-refractivity contribution >= 4 is 0 Å². The predicted octanol–water partition coefficient (Wildman–Crippen LogP) is 2.64. The lowest BCUT2D eigenvalue weighted by Gasteiger charge is -2.31. The average molecular weight is 347 g/mol. The fraction of sp³-hybridized carbons (Fsp3) is 0.556. The van der Waals surface area contributed by atoms with E-state index in [4.69, 9.17) is 14.0 Å². The molecular weight excluding hydrogens is 325 g/mol. The van der Waals surface area contributed by atoms with E-state index in [1.165, 1.54) is 6.07 Å². The molecule has 0 spiro atoms. The molecule has 2 fully saturated rings. The van der Waals surface area contributed by atoms with Crippen molar-refractivity contribution in [1.82, 2.24) is 15.0 Å². The SMILES string of the molecule is Cc1noc(C)c1CN1CCOC2CCC1C2Oc1ncccc1F. The Morgan fingerprint density at radius 1 is 1.36 bits per heavy atom. The van der Waals surface area contributed by atoms with Gasteiger partial charge in [-0.25, -0.2) is 9.37 Å². The molecule has 2 aromatic rings. The number of aromatic nitrogens is 2. The fourth-order valence-corrected chi connectivity index (χ4v) is 3.84. The van der Waals surface area contributed by atoms with Gasteiger partial charge in [-0.1, -0.05) is 5.16 Å². The van der Waals surface area contributed by atoms with Gasteiger partial charge in [0.25, 0.3) is 5.88 Å². The molecule has 1 aliphatic heterocycles. The summed E-state index contributed by atoms with van der Waals surface area (Å²) in [6.07, 6.45) is 3.14. The second-order valence-corrected chi connectivity index (χ2v) is 6.70. The van der Waals surface area contributed by atoms with Crippen LogP contribution in [0, 0.1) is 19.7 Å². The zero-order valence-electron chi connectivity index (χ0n) is 14.4. The van der Waals surface area contributed by atoms with Crippen molar-refractivity contribution in [1.29, 1.82) is 0 Å².